The van der Waals surface area contributed by atoms with Crippen molar-refractivity contribution in [2.45, 2.75) is 77.7 Å². The normalized spacial score (nSPS) is 27.2. The van der Waals surface area contributed by atoms with Gasteiger partial charge < -0.3 is 4.74 Å². The zero-order valence-electron chi connectivity index (χ0n) is 10.8. The molecule has 0 amide bonds. The second-order valence-corrected chi connectivity index (χ2v) is 6.13. The summed E-state index contributed by atoms with van der Waals surface area (Å²) in [5, 5.41) is 13.3. The molecule has 89 valence electrons. The van der Waals surface area contributed by atoms with Crippen molar-refractivity contribution in [2.24, 2.45) is 0 Å². The van der Waals surface area contributed by atoms with E-state index in [0.717, 1.165) is 12.8 Å². The molecule has 3 heteroatoms. The highest BCUT2D eigenvalue weighted by Crippen LogP contribution is 2.38. The van der Waals surface area contributed by atoms with Gasteiger partial charge in [0.2, 0.25) is 0 Å². The fraction of sp³-hybridized carbons (Fsp3) is 1.00. The first-order valence-electron chi connectivity index (χ1n) is 5.78. The van der Waals surface area contributed by atoms with Crippen molar-refractivity contribution in [2.75, 3.05) is 0 Å². The molecule has 0 aromatic heterocycles. The molecule has 1 heterocycles. The number of hydroxylamine groups is 2. The van der Waals surface area contributed by atoms with Crippen molar-refractivity contribution in [3.8, 4) is 0 Å². The average molecular weight is 214 g/mol. The summed E-state index contributed by atoms with van der Waals surface area (Å²) in [6, 6.07) is 0. The summed E-state index contributed by atoms with van der Waals surface area (Å²) >= 11 is 0. The maximum Gasteiger partial charge on any atom is 0.0615 e. The van der Waals surface area contributed by atoms with E-state index in [4.69, 9.17) is 4.74 Å². The lowest BCUT2D eigenvalue weighted by molar-refractivity contribution is -0.302. The Morgan fingerprint density at radius 1 is 1.13 bits per heavy atom. The number of piperidine rings is 1. The Balaban J connectivity index is 2.75. The van der Waals surface area contributed by atoms with Gasteiger partial charge in [0, 0.05) is 11.1 Å². The quantitative estimate of drug-likeness (QED) is 0.708. The van der Waals surface area contributed by atoms with Crippen LogP contribution >= 0.6 is 0 Å². The molecule has 0 unspecified atom stereocenters. The SMILES string of the molecule is CC(C)OC1CC(C)(C)N([O])C(C)(C)C1. The maximum absolute atomic E-state index is 12.1. The molecule has 1 saturated heterocycles. The number of hydrogen-bond acceptors (Lipinski definition) is 2. The number of ether oxygens (including phenoxy) is 1. The Kier molecular flexibility index (Phi) is 3.49. The molecule has 0 aromatic rings. The maximum atomic E-state index is 12.1. The highest BCUT2D eigenvalue weighted by molar-refractivity contribution is 4.96. The second kappa shape index (κ2) is 4.04. The van der Waals surface area contributed by atoms with Crippen molar-refractivity contribution in [1.82, 2.24) is 5.06 Å². The van der Waals surface area contributed by atoms with Crippen LogP contribution < -0.4 is 0 Å². The minimum Gasteiger partial charge on any atom is -0.375 e. The molecule has 0 bridgehead atoms. The first-order valence-corrected chi connectivity index (χ1v) is 5.78. The third-order valence-corrected chi connectivity index (χ3v) is 3.02. The lowest BCUT2D eigenvalue weighted by Crippen LogP contribution is -2.60. The summed E-state index contributed by atoms with van der Waals surface area (Å²) in [4.78, 5) is 0. The van der Waals surface area contributed by atoms with E-state index in [0.29, 0.717) is 0 Å². The number of hydrogen-bond donors (Lipinski definition) is 0. The molecular formula is C12H24NO2. The average Bonchev–Trinajstić information content (AvgIpc) is 1.97. The molecule has 1 aliphatic rings. The third-order valence-electron chi connectivity index (χ3n) is 3.02. The van der Waals surface area contributed by atoms with E-state index in [-0.39, 0.29) is 23.3 Å². The van der Waals surface area contributed by atoms with Crippen molar-refractivity contribution < 1.29 is 9.94 Å². The lowest BCUT2D eigenvalue weighted by atomic mass is 9.80. The molecule has 0 saturated carbocycles. The first kappa shape index (κ1) is 12.9. The van der Waals surface area contributed by atoms with Gasteiger partial charge in [-0.25, -0.2) is 0 Å². The van der Waals surface area contributed by atoms with Crippen LogP contribution in [-0.4, -0.2) is 28.3 Å². The second-order valence-electron chi connectivity index (χ2n) is 6.13. The van der Waals surface area contributed by atoms with Gasteiger partial charge in [-0.05, 0) is 54.4 Å². The van der Waals surface area contributed by atoms with Crippen LogP contribution in [0.1, 0.15) is 54.4 Å². The molecule has 1 fully saturated rings. The van der Waals surface area contributed by atoms with E-state index >= 15 is 0 Å². The van der Waals surface area contributed by atoms with E-state index in [1.807, 2.05) is 41.5 Å². The van der Waals surface area contributed by atoms with Gasteiger partial charge >= 0.3 is 0 Å². The Bertz CT molecular complexity index is 206. The van der Waals surface area contributed by atoms with E-state index in [2.05, 4.69) is 0 Å². The van der Waals surface area contributed by atoms with Crippen molar-refractivity contribution in [3.05, 3.63) is 0 Å². The lowest BCUT2D eigenvalue weighted by Gasteiger charge is -2.49. The third kappa shape index (κ3) is 2.92. The molecular weight excluding hydrogens is 190 g/mol. The van der Waals surface area contributed by atoms with Crippen LogP contribution in [0, 0.1) is 0 Å². The van der Waals surface area contributed by atoms with Crippen LogP contribution in [0.25, 0.3) is 0 Å². The predicted molar refractivity (Wildman–Crippen MR) is 59.9 cm³/mol. The van der Waals surface area contributed by atoms with Crippen LogP contribution in [0.5, 0.6) is 0 Å². The topological polar surface area (TPSA) is 32.4 Å². The standard InChI is InChI=1S/C12H24NO2/c1-9(2)15-10-7-11(3,4)13(14)12(5,6)8-10/h9-10H,7-8H2,1-6H3. The summed E-state index contributed by atoms with van der Waals surface area (Å²) in [5.41, 5.74) is -0.636. The Labute approximate surface area is 93.4 Å². The van der Waals surface area contributed by atoms with Crippen molar-refractivity contribution >= 4 is 0 Å². The molecule has 1 aliphatic heterocycles. The fourth-order valence-electron chi connectivity index (χ4n) is 2.65. The summed E-state index contributed by atoms with van der Waals surface area (Å²) in [6.45, 7) is 12.1. The van der Waals surface area contributed by atoms with E-state index in [1.54, 1.807) is 0 Å². The number of nitrogens with zero attached hydrogens (tertiary/aromatic N) is 1. The van der Waals surface area contributed by atoms with E-state index in [1.165, 1.54) is 5.06 Å². The molecule has 15 heavy (non-hydrogen) atoms. The van der Waals surface area contributed by atoms with Gasteiger partial charge in [-0.3, -0.25) is 0 Å². The van der Waals surface area contributed by atoms with Gasteiger partial charge in [0.25, 0.3) is 0 Å². The first-order chi connectivity index (χ1) is 6.65. The number of rotatable bonds is 2. The monoisotopic (exact) mass is 214 g/mol. The fourth-order valence-corrected chi connectivity index (χ4v) is 2.65. The van der Waals surface area contributed by atoms with Gasteiger partial charge in [-0.1, -0.05) is 0 Å². The molecule has 3 nitrogen and oxygen atoms in total. The van der Waals surface area contributed by atoms with Gasteiger partial charge in [0.05, 0.1) is 12.2 Å². The summed E-state index contributed by atoms with van der Waals surface area (Å²) in [7, 11) is 0. The van der Waals surface area contributed by atoms with Gasteiger partial charge in [0.1, 0.15) is 0 Å². The molecule has 0 spiro atoms. The highest BCUT2D eigenvalue weighted by atomic mass is 16.5. The van der Waals surface area contributed by atoms with Crippen LogP contribution in [0.2, 0.25) is 0 Å². The van der Waals surface area contributed by atoms with Gasteiger partial charge in [0.15, 0.2) is 0 Å². The van der Waals surface area contributed by atoms with Crippen LogP contribution in [0.4, 0.5) is 0 Å². The molecule has 0 N–H and O–H groups in total. The summed E-state index contributed by atoms with van der Waals surface area (Å²) in [6.07, 6.45) is 2.08. The molecule has 0 aromatic carbocycles. The largest absolute Gasteiger partial charge is 0.375 e. The summed E-state index contributed by atoms with van der Waals surface area (Å²) in [5.74, 6) is 0. The Morgan fingerprint density at radius 2 is 1.53 bits per heavy atom. The van der Waals surface area contributed by atoms with E-state index < -0.39 is 0 Å². The molecule has 0 aliphatic carbocycles. The minimum atomic E-state index is -0.318. The van der Waals surface area contributed by atoms with Crippen LogP contribution in [-0.2, 0) is 9.94 Å². The van der Waals surface area contributed by atoms with Crippen molar-refractivity contribution in [3.63, 3.8) is 0 Å². The summed E-state index contributed by atoms with van der Waals surface area (Å²) < 4.78 is 5.85. The smallest absolute Gasteiger partial charge is 0.0615 e. The molecule has 0 atom stereocenters. The Morgan fingerprint density at radius 3 is 1.87 bits per heavy atom. The zero-order chi connectivity index (χ0) is 11.9. The van der Waals surface area contributed by atoms with Crippen LogP contribution in [0.15, 0.2) is 0 Å². The Hall–Kier alpha value is -0.120. The van der Waals surface area contributed by atoms with E-state index in [9.17, 15) is 5.21 Å². The molecule has 1 radical (unpaired) electrons. The van der Waals surface area contributed by atoms with Gasteiger partial charge in [-0.2, -0.15) is 0 Å². The zero-order valence-corrected chi connectivity index (χ0v) is 10.8. The van der Waals surface area contributed by atoms with Gasteiger partial charge in [-0.15, -0.1) is 10.3 Å². The van der Waals surface area contributed by atoms with Crippen LogP contribution in [0.3, 0.4) is 0 Å². The minimum absolute atomic E-state index is 0.209. The highest BCUT2D eigenvalue weighted by Gasteiger charge is 2.46. The predicted octanol–water partition coefficient (Wildman–Crippen LogP) is 2.78. The van der Waals surface area contributed by atoms with Crippen molar-refractivity contribution in [1.29, 1.82) is 0 Å². The molecule has 1 rings (SSSR count).